The molecule has 0 aromatic heterocycles. The predicted molar refractivity (Wildman–Crippen MR) is 77.4 cm³/mol. The van der Waals surface area contributed by atoms with Gasteiger partial charge in [-0.05, 0) is 30.5 Å². The minimum atomic E-state index is -0.0471. The van der Waals surface area contributed by atoms with Gasteiger partial charge in [0, 0.05) is 0 Å². The zero-order valence-corrected chi connectivity index (χ0v) is 11.8. The lowest BCUT2D eigenvalue weighted by Gasteiger charge is -2.19. The number of methoxy groups -OCH3 is 1. The van der Waals surface area contributed by atoms with Gasteiger partial charge in [-0.2, -0.15) is 0 Å². The van der Waals surface area contributed by atoms with Crippen LogP contribution in [0, 0.1) is 0 Å². The van der Waals surface area contributed by atoms with E-state index in [0.717, 1.165) is 11.3 Å². The molecular weight excluding hydrogens is 238 g/mol. The first-order chi connectivity index (χ1) is 9.29. The molecule has 0 saturated heterocycles. The second-order valence-electron chi connectivity index (χ2n) is 5.33. The van der Waals surface area contributed by atoms with Crippen LogP contribution in [0.5, 0.6) is 5.75 Å². The van der Waals surface area contributed by atoms with Gasteiger partial charge in [-0.3, -0.25) is 0 Å². The SMILES string of the molecule is COc1ccc(C(N)COC2CCCCCC2)cc1. The maximum Gasteiger partial charge on any atom is 0.118 e. The van der Waals surface area contributed by atoms with Crippen molar-refractivity contribution in [2.75, 3.05) is 13.7 Å². The summed E-state index contributed by atoms with van der Waals surface area (Å²) >= 11 is 0. The Labute approximate surface area is 116 Å². The molecule has 0 amide bonds. The molecule has 2 rings (SSSR count). The van der Waals surface area contributed by atoms with Crippen molar-refractivity contribution >= 4 is 0 Å². The second kappa shape index (κ2) is 7.51. The average molecular weight is 263 g/mol. The second-order valence-corrected chi connectivity index (χ2v) is 5.33. The Hall–Kier alpha value is -1.06. The molecule has 0 aliphatic heterocycles. The van der Waals surface area contributed by atoms with E-state index >= 15 is 0 Å². The van der Waals surface area contributed by atoms with Crippen LogP contribution in [0.1, 0.15) is 50.1 Å². The van der Waals surface area contributed by atoms with E-state index in [1.807, 2.05) is 24.3 Å². The Morgan fingerprint density at radius 2 is 1.74 bits per heavy atom. The third-order valence-electron chi connectivity index (χ3n) is 3.86. The Morgan fingerprint density at radius 3 is 2.32 bits per heavy atom. The van der Waals surface area contributed by atoms with Gasteiger partial charge in [0.05, 0.1) is 25.9 Å². The summed E-state index contributed by atoms with van der Waals surface area (Å²) in [7, 11) is 1.67. The van der Waals surface area contributed by atoms with Crippen LogP contribution < -0.4 is 10.5 Å². The van der Waals surface area contributed by atoms with E-state index in [4.69, 9.17) is 15.2 Å². The quantitative estimate of drug-likeness (QED) is 0.828. The van der Waals surface area contributed by atoms with Crippen LogP contribution in [0.15, 0.2) is 24.3 Å². The fraction of sp³-hybridized carbons (Fsp3) is 0.625. The predicted octanol–water partition coefficient (Wildman–Crippen LogP) is 3.43. The van der Waals surface area contributed by atoms with Crippen molar-refractivity contribution < 1.29 is 9.47 Å². The minimum absolute atomic E-state index is 0.0471. The Kier molecular flexibility index (Phi) is 5.67. The van der Waals surface area contributed by atoms with Crippen molar-refractivity contribution in [3.63, 3.8) is 0 Å². The van der Waals surface area contributed by atoms with Crippen LogP contribution >= 0.6 is 0 Å². The van der Waals surface area contributed by atoms with Crippen molar-refractivity contribution in [3.05, 3.63) is 29.8 Å². The van der Waals surface area contributed by atoms with E-state index in [0.29, 0.717) is 12.7 Å². The smallest absolute Gasteiger partial charge is 0.118 e. The number of rotatable bonds is 5. The van der Waals surface area contributed by atoms with E-state index in [1.54, 1.807) is 7.11 Å². The summed E-state index contributed by atoms with van der Waals surface area (Å²) in [6.07, 6.45) is 8.08. The number of hydrogen-bond donors (Lipinski definition) is 1. The molecule has 1 unspecified atom stereocenters. The molecule has 0 spiro atoms. The monoisotopic (exact) mass is 263 g/mol. The first-order valence-electron chi connectivity index (χ1n) is 7.30. The fourth-order valence-electron chi connectivity index (χ4n) is 2.60. The highest BCUT2D eigenvalue weighted by atomic mass is 16.5. The number of benzene rings is 1. The van der Waals surface area contributed by atoms with E-state index in [-0.39, 0.29) is 6.04 Å². The Morgan fingerprint density at radius 1 is 1.11 bits per heavy atom. The normalized spacial score (nSPS) is 18.8. The third-order valence-corrected chi connectivity index (χ3v) is 3.86. The maximum absolute atomic E-state index is 6.18. The molecule has 0 radical (unpaired) electrons. The molecule has 106 valence electrons. The van der Waals surface area contributed by atoms with E-state index in [2.05, 4.69) is 0 Å². The first-order valence-corrected chi connectivity index (χ1v) is 7.30. The van der Waals surface area contributed by atoms with Crippen molar-refractivity contribution in [1.29, 1.82) is 0 Å². The first kappa shape index (κ1) is 14.4. The lowest BCUT2D eigenvalue weighted by molar-refractivity contribution is 0.0345. The lowest BCUT2D eigenvalue weighted by atomic mass is 10.1. The van der Waals surface area contributed by atoms with Crippen LogP contribution in [0.2, 0.25) is 0 Å². The molecule has 1 atom stereocenters. The molecule has 19 heavy (non-hydrogen) atoms. The zero-order valence-electron chi connectivity index (χ0n) is 11.8. The van der Waals surface area contributed by atoms with Gasteiger partial charge in [0.2, 0.25) is 0 Å². The van der Waals surface area contributed by atoms with Gasteiger partial charge in [-0.25, -0.2) is 0 Å². The Balaban J connectivity index is 1.80. The van der Waals surface area contributed by atoms with Crippen molar-refractivity contribution in [1.82, 2.24) is 0 Å². The van der Waals surface area contributed by atoms with Gasteiger partial charge in [0.15, 0.2) is 0 Å². The van der Waals surface area contributed by atoms with Gasteiger partial charge in [0.1, 0.15) is 5.75 Å². The van der Waals surface area contributed by atoms with Crippen LogP contribution in [0.25, 0.3) is 0 Å². The molecule has 1 aliphatic rings. The molecule has 2 N–H and O–H groups in total. The summed E-state index contributed by atoms with van der Waals surface area (Å²) < 4.78 is 11.1. The van der Waals surface area contributed by atoms with Gasteiger partial charge < -0.3 is 15.2 Å². The maximum atomic E-state index is 6.18. The number of nitrogens with two attached hydrogens (primary N) is 1. The highest BCUT2D eigenvalue weighted by Gasteiger charge is 2.14. The van der Waals surface area contributed by atoms with Crippen LogP contribution in [0.3, 0.4) is 0 Å². The summed E-state index contributed by atoms with van der Waals surface area (Å²) in [4.78, 5) is 0. The van der Waals surface area contributed by atoms with E-state index in [1.165, 1.54) is 38.5 Å². The van der Waals surface area contributed by atoms with Crippen LogP contribution in [-0.2, 0) is 4.74 Å². The van der Waals surface area contributed by atoms with Crippen molar-refractivity contribution in [2.45, 2.75) is 50.7 Å². The molecule has 3 nitrogen and oxygen atoms in total. The molecule has 1 aliphatic carbocycles. The van der Waals surface area contributed by atoms with E-state index in [9.17, 15) is 0 Å². The van der Waals surface area contributed by atoms with Crippen LogP contribution in [0.4, 0.5) is 0 Å². The summed E-state index contributed by atoms with van der Waals surface area (Å²) in [5, 5.41) is 0. The summed E-state index contributed by atoms with van der Waals surface area (Å²) in [5.41, 5.74) is 7.28. The zero-order chi connectivity index (χ0) is 13.5. The summed E-state index contributed by atoms with van der Waals surface area (Å²) in [6.45, 7) is 0.608. The van der Waals surface area contributed by atoms with E-state index < -0.39 is 0 Å². The Bertz CT molecular complexity index is 356. The van der Waals surface area contributed by atoms with Gasteiger partial charge in [-0.15, -0.1) is 0 Å². The molecule has 1 saturated carbocycles. The average Bonchev–Trinajstić information content (AvgIpc) is 2.73. The van der Waals surface area contributed by atoms with Crippen molar-refractivity contribution in [2.24, 2.45) is 5.73 Å². The topological polar surface area (TPSA) is 44.5 Å². The summed E-state index contributed by atoms with van der Waals surface area (Å²) in [5.74, 6) is 0.862. The van der Waals surface area contributed by atoms with Gasteiger partial charge >= 0.3 is 0 Å². The molecule has 1 aromatic rings. The van der Waals surface area contributed by atoms with Crippen molar-refractivity contribution in [3.8, 4) is 5.75 Å². The highest BCUT2D eigenvalue weighted by molar-refractivity contribution is 5.28. The summed E-state index contributed by atoms with van der Waals surface area (Å²) in [6, 6.07) is 7.87. The van der Waals surface area contributed by atoms with Gasteiger partial charge in [0.25, 0.3) is 0 Å². The van der Waals surface area contributed by atoms with Gasteiger partial charge in [-0.1, -0.05) is 37.8 Å². The minimum Gasteiger partial charge on any atom is -0.497 e. The molecule has 1 fully saturated rings. The standard InChI is InChI=1S/C16H25NO2/c1-18-14-10-8-13(9-11-14)16(17)12-19-15-6-4-2-3-5-7-15/h8-11,15-16H,2-7,12,17H2,1H3. The number of ether oxygens (including phenoxy) is 2. The highest BCUT2D eigenvalue weighted by Crippen LogP contribution is 2.22. The molecule has 3 heteroatoms. The molecule has 0 heterocycles. The fourth-order valence-corrected chi connectivity index (χ4v) is 2.60. The lowest BCUT2D eigenvalue weighted by Crippen LogP contribution is -2.22. The molecular formula is C16H25NO2. The third kappa shape index (κ3) is 4.51. The molecule has 1 aromatic carbocycles. The molecule has 0 bridgehead atoms. The number of hydrogen-bond acceptors (Lipinski definition) is 3. The largest absolute Gasteiger partial charge is 0.497 e. The van der Waals surface area contributed by atoms with Crippen LogP contribution in [-0.4, -0.2) is 19.8 Å².